The molecule has 0 heterocycles. The molecule has 0 aromatic heterocycles. The standard InChI is InChI=1S/C11H16S/c1-3-12-9-8-11-6-4-10(2)5-7-11/h4-7H,3,8-9H2,1-2H3. The van der Waals surface area contributed by atoms with Crippen molar-refractivity contribution in [3.63, 3.8) is 0 Å². The molecule has 0 radical (unpaired) electrons. The Bertz CT molecular complexity index is 213. The summed E-state index contributed by atoms with van der Waals surface area (Å²) >= 11 is 2.01. The number of thioether (sulfide) groups is 1. The normalized spacial score (nSPS) is 10.2. The highest BCUT2D eigenvalue weighted by molar-refractivity contribution is 7.99. The number of rotatable bonds is 4. The van der Waals surface area contributed by atoms with Gasteiger partial charge in [-0.2, -0.15) is 11.8 Å². The summed E-state index contributed by atoms with van der Waals surface area (Å²) in [6.45, 7) is 4.34. The molecule has 1 rings (SSSR count). The fourth-order valence-corrected chi connectivity index (χ4v) is 1.76. The Hall–Kier alpha value is -0.430. The van der Waals surface area contributed by atoms with Gasteiger partial charge in [0, 0.05) is 0 Å². The molecule has 1 aromatic carbocycles. The molecule has 0 fully saturated rings. The van der Waals surface area contributed by atoms with Gasteiger partial charge in [-0.15, -0.1) is 0 Å². The highest BCUT2D eigenvalue weighted by atomic mass is 32.2. The van der Waals surface area contributed by atoms with Gasteiger partial charge in [-0.3, -0.25) is 0 Å². The highest BCUT2D eigenvalue weighted by Crippen LogP contribution is 2.07. The third-order valence-corrected chi connectivity index (χ3v) is 2.76. The summed E-state index contributed by atoms with van der Waals surface area (Å²) in [7, 11) is 0. The number of aryl methyl sites for hydroxylation is 2. The van der Waals surface area contributed by atoms with E-state index in [9.17, 15) is 0 Å². The van der Waals surface area contributed by atoms with Crippen LogP contribution in [0.4, 0.5) is 0 Å². The molecule has 0 spiro atoms. The zero-order valence-electron chi connectivity index (χ0n) is 7.84. The Morgan fingerprint density at radius 1 is 1.17 bits per heavy atom. The molecule has 0 aliphatic heterocycles. The predicted octanol–water partition coefficient (Wildman–Crippen LogP) is 3.29. The Morgan fingerprint density at radius 2 is 1.83 bits per heavy atom. The predicted molar refractivity (Wildman–Crippen MR) is 57.9 cm³/mol. The van der Waals surface area contributed by atoms with Crippen LogP contribution >= 0.6 is 11.8 Å². The van der Waals surface area contributed by atoms with Crippen LogP contribution < -0.4 is 0 Å². The number of benzene rings is 1. The molecular formula is C11H16S. The first kappa shape index (κ1) is 9.66. The molecule has 0 amide bonds. The van der Waals surface area contributed by atoms with Crippen molar-refractivity contribution in [2.24, 2.45) is 0 Å². The molecule has 0 nitrogen and oxygen atoms in total. The molecular weight excluding hydrogens is 164 g/mol. The number of hydrogen-bond acceptors (Lipinski definition) is 1. The van der Waals surface area contributed by atoms with Crippen molar-refractivity contribution in [2.45, 2.75) is 20.3 Å². The zero-order chi connectivity index (χ0) is 8.81. The van der Waals surface area contributed by atoms with Gasteiger partial charge in [0.25, 0.3) is 0 Å². The van der Waals surface area contributed by atoms with Gasteiger partial charge < -0.3 is 0 Å². The Kier molecular flexibility index (Phi) is 4.23. The second-order valence-corrected chi connectivity index (χ2v) is 4.33. The van der Waals surface area contributed by atoms with Crippen LogP contribution in [0.3, 0.4) is 0 Å². The Labute approximate surface area is 79.4 Å². The van der Waals surface area contributed by atoms with Gasteiger partial charge in [0.05, 0.1) is 0 Å². The maximum absolute atomic E-state index is 2.23. The molecule has 1 heteroatoms. The fraction of sp³-hybridized carbons (Fsp3) is 0.455. The van der Waals surface area contributed by atoms with Crippen LogP contribution in [-0.4, -0.2) is 11.5 Å². The molecule has 0 aliphatic rings. The molecule has 1 aromatic rings. The third-order valence-electron chi connectivity index (χ3n) is 1.86. The van der Waals surface area contributed by atoms with Gasteiger partial charge in [-0.05, 0) is 30.4 Å². The Balaban J connectivity index is 2.37. The van der Waals surface area contributed by atoms with Gasteiger partial charge in [0.2, 0.25) is 0 Å². The molecule has 0 N–H and O–H groups in total. The van der Waals surface area contributed by atoms with E-state index in [1.54, 1.807) is 0 Å². The first-order chi connectivity index (χ1) is 5.83. The topological polar surface area (TPSA) is 0 Å². The SMILES string of the molecule is CCSCCc1ccc(C)cc1. The summed E-state index contributed by atoms with van der Waals surface area (Å²) in [6.07, 6.45) is 1.21. The largest absolute Gasteiger partial charge is 0.162 e. The summed E-state index contributed by atoms with van der Waals surface area (Å²) in [4.78, 5) is 0. The van der Waals surface area contributed by atoms with Crippen molar-refractivity contribution in [3.05, 3.63) is 35.4 Å². The average molecular weight is 180 g/mol. The average Bonchev–Trinajstić information content (AvgIpc) is 2.09. The lowest BCUT2D eigenvalue weighted by molar-refractivity contribution is 1.15. The Morgan fingerprint density at radius 3 is 2.42 bits per heavy atom. The van der Waals surface area contributed by atoms with Gasteiger partial charge in [0.15, 0.2) is 0 Å². The lowest BCUT2D eigenvalue weighted by atomic mass is 10.1. The summed E-state index contributed by atoms with van der Waals surface area (Å²) in [5, 5.41) is 0. The number of hydrogen-bond donors (Lipinski definition) is 0. The maximum atomic E-state index is 2.23. The van der Waals surface area contributed by atoms with Gasteiger partial charge in [-0.1, -0.05) is 36.8 Å². The minimum atomic E-state index is 1.21. The quantitative estimate of drug-likeness (QED) is 0.641. The monoisotopic (exact) mass is 180 g/mol. The van der Waals surface area contributed by atoms with Crippen molar-refractivity contribution >= 4 is 11.8 Å². The van der Waals surface area contributed by atoms with E-state index in [2.05, 4.69) is 38.1 Å². The van der Waals surface area contributed by atoms with Gasteiger partial charge in [-0.25, -0.2) is 0 Å². The van der Waals surface area contributed by atoms with Crippen LogP contribution in [0.15, 0.2) is 24.3 Å². The van der Waals surface area contributed by atoms with Crippen molar-refractivity contribution in [1.82, 2.24) is 0 Å². The molecule has 66 valence electrons. The van der Waals surface area contributed by atoms with E-state index < -0.39 is 0 Å². The van der Waals surface area contributed by atoms with E-state index in [0.29, 0.717) is 0 Å². The van der Waals surface area contributed by atoms with Crippen LogP contribution in [0.25, 0.3) is 0 Å². The second kappa shape index (κ2) is 5.26. The van der Waals surface area contributed by atoms with Crippen LogP contribution in [0, 0.1) is 6.92 Å². The minimum absolute atomic E-state index is 1.21. The van der Waals surface area contributed by atoms with E-state index in [1.165, 1.54) is 29.1 Å². The molecule has 0 saturated heterocycles. The molecule has 0 atom stereocenters. The molecule has 0 saturated carbocycles. The lowest BCUT2D eigenvalue weighted by Gasteiger charge is -2.00. The molecule has 0 bridgehead atoms. The van der Waals surface area contributed by atoms with E-state index in [-0.39, 0.29) is 0 Å². The first-order valence-corrected chi connectivity index (χ1v) is 5.61. The summed E-state index contributed by atoms with van der Waals surface area (Å²) < 4.78 is 0. The van der Waals surface area contributed by atoms with E-state index in [0.717, 1.165) is 0 Å². The van der Waals surface area contributed by atoms with E-state index in [4.69, 9.17) is 0 Å². The molecule has 12 heavy (non-hydrogen) atoms. The second-order valence-electron chi connectivity index (χ2n) is 2.93. The van der Waals surface area contributed by atoms with Crippen molar-refractivity contribution < 1.29 is 0 Å². The lowest BCUT2D eigenvalue weighted by Crippen LogP contribution is -1.88. The van der Waals surface area contributed by atoms with Gasteiger partial charge in [0.1, 0.15) is 0 Å². The fourth-order valence-electron chi connectivity index (χ4n) is 1.09. The van der Waals surface area contributed by atoms with Crippen molar-refractivity contribution in [2.75, 3.05) is 11.5 Å². The smallest absolute Gasteiger partial charge is 0.00271 e. The highest BCUT2D eigenvalue weighted by Gasteiger charge is 1.91. The van der Waals surface area contributed by atoms with E-state index in [1.807, 2.05) is 11.8 Å². The van der Waals surface area contributed by atoms with Crippen LogP contribution in [-0.2, 0) is 6.42 Å². The van der Waals surface area contributed by atoms with E-state index >= 15 is 0 Å². The van der Waals surface area contributed by atoms with Gasteiger partial charge >= 0.3 is 0 Å². The van der Waals surface area contributed by atoms with Crippen molar-refractivity contribution in [3.8, 4) is 0 Å². The molecule has 0 aliphatic carbocycles. The van der Waals surface area contributed by atoms with Crippen molar-refractivity contribution in [1.29, 1.82) is 0 Å². The maximum Gasteiger partial charge on any atom is -0.00271 e. The van der Waals surface area contributed by atoms with Crippen LogP contribution in [0.1, 0.15) is 18.1 Å². The molecule has 0 unspecified atom stereocenters. The minimum Gasteiger partial charge on any atom is -0.162 e. The summed E-state index contributed by atoms with van der Waals surface area (Å²) in [5.74, 6) is 2.48. The zero-order valence-corrected chi connectivity index (χ0v) is 8.66. The third kappa shape index (κ3) is 3.31. The summed E-state index contributed by atoms with van der Waals surface area (Å²) in [6, 6.07) is 8.83. The first-order valence-electron chi connectivity index (χ1n) is 4.46. The van der Waals surface area contributed by atoms with Crippen LogP contribution in [0.2, 0.25) is 0 Å². The summed E-state index contributed by atoms with van der Waals surface area (Å²) in [5.41, 5.74) is 2.81. The van der Waals surface area contributed by atoms with Crippen LogP contribution in [0.5, 0.6) is 0 Å².